The fourth-order valence-corrected chi connectivity index (χ4v) is 2.30. The molecule has 1 aromatic carbocycles. The Morgan fingerprint density at radius 1 is 1.20 bits per heavy atom. The van der Waals surface area contributed by atoms with Crippen LogP contribution in [0.25, 0.3) is 0 Å². The molecule has 0 atom stereocenters. The molecule has 0 saturated heterocycles. The van der Waals surface area contributed by atoms with Crippen LogP contribution in [0.1, 0.15) is 37.0 Å². The molecule has 1 aromatic rings. The maximum atomic E-state index is 13.7. The number of hydrogen-bond donors (Lipinski definition) is 0. The van der Waals surface area contributed by atoms with Crippen LogP contribution in [0.3, 0.4) is 0 Å². The summed E-state index contributed by atoms with van der Waals surface area (Å²) in [5.74, 6) is -4.89. The summed E-state index contributed by atoms with van der Waals surface area (Å²) in [6.45, 7) is 4.01. The van der Waals surface area contributed by atoms with Gasteiger partial charge in [-0.25, -0.2) is 13.2 Å². The van der Waals surface area contributed by atoms with Gasteiger partial charge in [0.15, 0.2) is 17.5 Å². The lowest BCUT2D eigenvalue weighted by Crippen LogP contribution is -2.41. The number of amides is 1. The second-order valence-corrected chi connectivity index (χ2v) is 4.76. The van der Waals surface area contributed by atoms with Crippen molar-refractivity contribution in [3.63, 3.8) is 0 Å². The third-order valence-electron chi connectivity index (χ3n) is 3.24. The van der Waals surface area contributed by atoms with E-state index in [4.69, 9.17) is 11.6 Å². The molecule has 112 valence electrons. The van der Waals surface area contributed by atoms with Gasteiger partial charge < -0.3 is 4.90 Å². The van der Waals surface area contributed by atoms with E-state index >= 15 is 0 Å². The first-order valence-corrected chi connectivity index (χ1v) is 7.01. The monoisotopic (exact) mass is 307 g/mol. The molecule has 0 spiro atoms. The van der Waals surface area contributed by atoms with Gasteiger partial charge in [0.05, 0.1) is 5.56 Å². The fraction of sp³-hybridized carbons (Fsp3) is 0.500. The number of nitrogens with zero attached hydrogens (tertiary/aromatic N) is 1. The van der Waals surface area contributed by atoms with Gasteiger partial charge in [0.1, 0.15) is 0 Å². The minimum atomic E-state index is -1.63. The number of carbonyl (C=O) groups is 1. The third kappa shape index (κ3) is 3.45. The van der Waals surface area contributed by atoms with Gasteiger partial charge in [-0.05, 0) is 25.0 Å². The Morgan fingerprint density at radius 2 is 1.80 bits per heavy atom. The molecular weight excluding hydrogens is 291 g/mol. The Hall–Kier alpha value is -1.23. The largest absolute Gasteiger partial charge is 0.334 e. The van der Waals surface area contributed by atoms with E-state index in [1.807, 2.05) is 13.8 Å². The highest BCUT2D eigenvalue weighted by molar-refractivity contribution is 6.18. The summed E-state index contributed by atoms with van der Waals surface area (Å²) in [5.41, 5.74) is -0.471. The molecule has 20 heavy (non-hydrogen) atoms. The zero-order valence-corrected chi connectivity index (χ0v) is 12.2. The summed E-state index contributed by atoms with van der Waals surface area (Å²) in [6.07, 6.45) is 1.34. The first-order valence-electron chi connectivity index (χ1n) is 6.48. The Kier molecular flexibility index (Phi) is 6.33. The van der Waals surface area contributed by atoms with Crippen LogP contribution in [0.5, 0.6) is 0 Å². The molecule has 0 unspecified atom stereocenters. The molecule has 0 saturated carbocycles. The lowest BCUT2D eigenvalue weighted by atomic mass is 10.1. The van der Waals surface area contributed by atoms with Crippen LogP contribution in [-0.2, 0) is 0 Å². The van der Waals surface area contributed by atoms with Gasteiger partial charge in [-0.2, -0.15) is 0 Å². The molecule has 0 bridgehead atoms. The Morgan fingerprint density at radius 3 is 2.30 bits per heavy atom. The van der Waals surface area contributed by atoms with Crippen molar-refractivity contribution < 1.29 is 18.0 Å². The van der Waals surface area contributed by atoms with Crippen molar-refractivity contribution in [2.45, 2.75) is 32.7 Å². The summed E-state index contributed by atoms with van der Waals surface area (Å²) in [6, 6.07) is 1.59. The Balaban J connectivity index is 3.15. The first kappa shape index (κ1) is 16.8. The highest BCUT2D eigenvalue weighted by atomic mass is 35.5. The predicted octanol–water partition coefficient (Wildman–Crippen LogP) is 3.97. The normalized spacial score (nSPS) is 10.9. The summed E-state index contributed by atoms with van der Waals surface area (Å²) in [7, 11) is 0. The van der Waals surface area contributed by atoms with Crippen molar-refractivity contribution >= 4 is 17.5 Å². The maximum Gasteiger partial charge on any atom is 0.257 e. The van der Waals surface area contributed by atoms with Crippen molar-refractivity contribution in [2.24, 2.45) is 0 Å². The third-order valence-corrected chi connectivity index (χ3v) is 3.40. The van der Waals surface area contributed by atoms with E-state index in [1.165, 1.54) is 4.90 Å². The molecule has 2 nitrogen and oxygen atoms in total. The van der Waals surface area contributed by atoms with Crippen LogP contribution in [0.15, 0.2) is 12.1 Å². The van der Waals surface area contributed by atoms with Gasteiger partial charge in [-0.15, -0.1) is 11.6 Å². The lowest BCUT2D eigenvalue weighted by Gasteiger charge is -2.30. The zero-order chi connectivity index (χ0) is 15.3. The van der Waals surface area contributed by atoms with Gasteiger partial charge in [-0.3, -0.25) is 4.79 Å². The van der Waals surface area contributed by atoms with Crippen molar-refractivity contribution in [1.29, 1.82) is 0 Å². The summed E-state index contributed by atoms with van der Waals surface area (Å²) in [4.78, 5) is 13.7. The summed E-state index contributed by atoms with van der Waals surface area (Å²) in [5, 5.41) is 0. The summed E-state index contributed by atoms with van der Waals surface area (Å²) >= 11 is 5.66. The molecular formula is C14H17ClF3NO. The minimum Gasteiger partial charge on any atom is -0.334 e. The quantitative estimate of drug-likeness (QED) is 0.575. The molecule has 0 aliphatic rings. The topological polar surface area (TPSA) is 20.3 Å². The van der Waals surface area contributed by atoms with E-state index in [0.717, 1.165) is 12.1 Å². The van der Waals surface area contributed by atoms with Gasteiger partial charge in [0.2, 0.25) is 0 Å². The number of hydrogen-bond acceptors (Lipinski definition) is 1. The molecule has 0 aliphatic carbocycles. The molecule has 0 N–H and O–H groups in total. The minimum absolute atomic E-state index is 0.117. The van der Waals surface area contributed by atoms with Crippen LogP contribution in [-0.4, -0.2) is 29.3 Å². The van der Waals surface area contributed by atoms with Crippen LogP contribution in [0.2, 0.25) is 0 Å². The smallest absolute Gasteiger partial charge is 0.257 e. The van der Waals surface area contributed by atoms with E-state index in [9.17, 15) is 18.0 Å². The van der Waals surface area contributed by atoms with Gasteiger partial charge >= 0.3 is 0 Å². The number of benzene rings is 1. The maximum absolute atomic E-state index is 13.7. The van der Waals surface area contributed by atoms with Crippen molar-refractivity contribution in [1.82, 2.24) is 4.90 Å². The standard InChI is InChI=1S/C14H17ClF3NO/c1-3-9(4-2)19(8-7-15)14(20)10-5-6-11(16)13(18)12(10)17/h5-6,9H,3-4,7-8H2,1-2H3. The Labute approximate surface area is 121 Å². The van der Waals surface area contributed by atoms with Crippen LogP contribution in [0, 0.1) is 17.5 Å². The molecule has 0 aromatic heterocycles. The number of carbonyl (C=O) groups excluding carboxylic acids is 1. The number of rotatable bonds is 6. The highest BCUT2D eigenvalue weighted by Gasteiger charge is 2.26. The molecule has 1 amide bonds. The lowest BCUT2D eigenvalue weighted by molar-refractivity contribution is 0.0675. The molecule has 0 fully saturated rings. The molecule has 0 aliphatic heterocycles. The van der Waals surface area contributed by atoms with Crippen LogP contribution in [0.4, 0.5) is 13.2 Å². The van der Waals surface area contributed by atoms with Gasteiger partial charge in [0.25, 0.3) is 5.91 Å². The Bertz CT molecular complexity index is 478. The first-order chi connectivity index (χ1) is 9.47. The molecule has 6 heteroatoms. The van der Waals surface area contributed by atoms with Crippen LogP contribution < -0.4 is 0 Å². The number of halogens is 4. The number of alkyl halides is 1. The molecule has 0 radical (unpaired) electrons. The molecule has 1 rings (SSSR count). The fourth-order valence-electron chi connectivity index (χ4n) is 2.12. The zero-order valence-electron chi connectivity index (χ0n) is 11.4. The van der Waals surface area contributed by atoms with Crippen LogP contribution >= 0.6 is 11.6 Å². The average Bonchev–Trinajstić information content (AvgIpc) is 2.44. The average molecular weight is 308 g/mol. The SMILES string of the molecule is CCC(CC)N(CCCl)C(=O)c1ccc(F)c(F)c1F. The van der Waals surface area contributed by atoms with E-state index in [1.54, 1.807) is 0 Å². The van der Waals surface area contributed by atoms with E-state index in [-0.39, 0.29) is 18.5 Å². The van der Waals surface area contributed by atoms with Crippen molar-refractivity contribution in [3.8, 4) is 0 Å². The van der Waals surface area contributed by atoms with Gasteiger partial charge in [-0.1, -0.05) is 13.8 Å². The predicted molar refractivity (Wildman–Crippen MR) is 72.4 cm³/mol. The second kappa shape index (κ2) is 7.53. The highest BCUT2D eigenvalue weighted by Crippen LogP contribution is 2.19. The van der Waals surface area contributed by atoms with Crippen molar-refractivity contribution in [2.75, 3.05) is 12.4 Å². The summed E-state index contributed by atoms with van der Waals surface area (Å²) < 4.78 is 39.8. The van der Waals surface area contributed by atoms with Gasteiger partial charge in [0, 0.05) is 18.5 Å². The van der Waals surface area contributed by atoms with E-state index < -0.39 is 28.9 Å². The van der Waals surface area contributed by atoms with E-state index in [0.29, 0.717) is 12.8 Å². The molecule has 0 heterocycles. The van der Waals surface area contributed by atoms with Crippen molar-refractivity contribution in [3.05, 3.63) is 35.1 Å². The second-order valence-electron chi connectivity index (χ2n) is 4.38. The van der Waals surface area contributed by atoms with E-state index in [2.05, 4.69) is 0 Å².